The summed E-state index contributed by atoms with van der Waals surface area (Å²) in [6, 6.07) is 8.51. The molecule has 0 N–H and O–H groups in total. The van der Waals surface area contributed by atoms with Crippen molar-refractivity contribution in [1.29, 1.82) is 0 Å². The molecule has 1 atom stereocenters. The fourth-order valence-electron chi connectivity index (χ4n) is 4.93. The van der Waals surface area contributed by atoms with Gasteiger partial charge in [-0.3, -0.25) is 0 Å². The van der Waals surface area contributed by atoms with Crippen LogP contribution in [0.4, 0.5) is 9.18 Å². The molecule has 0 bridgehead atoms. The van der Waals surface area contributed by atoms with Gasteiger partial charge in [0.25, 0.3) is 0 Å². The van der Waals surface area contributed by atoms with Crippen molar-refractivity contribution < 1.29 is 13.9 Å². The molecule has 1 saturated heterocycles. The molecule has 1 aliphatic carbocycles. The number of carbonyl (C=O) groups is 1. The van der Waals surface area contributed by atoms with Crippen LogP contribution >= 0.6 is 11.3 Å². The number of halogens is 1. The van der Waals surface area contributed by atoms with Crippen molar-refractivity contribution in [3.05, 3.63) is 47.4 Å². The molecule has 196 valence electrons. The van der Waals surface area contributed by atoms with Gasteiger partial charge in [0.05, 0.1) is 0 Å². The van der Waals surface area contributed by atoms with Crippen LogP contribution in [-0.2, 0) is 4.74 Å². The number of rotatable bonds is 5. The molecule has 2 aromatic heterocycles. The van der Waals surface area contributed by atoms with Crippen LogP contribution in [0.5, 0.6) is 0 Å². The second kappa shape index (κ2) is 11.2. The first-order valence-electron chi connectivity index (χ1n) is 13.1. The Balaban J connectivity index is 1.40. The van der Waals surface area contributed by atoms with E-state index < -0.39 is 5.60 Å². The van der Waals surface area contributed by atoms with Gasteiger partial charge in [0.2, 0.25) is 0 Å². The Bertz CT molecular complexity index is 1230. The summed E-state index contributed by atoms with van der Waals surface area (Å²) in [5, 5.41) is 1.05. The maximum atomic E-state index is 13.7. The SMILES string of the molecule is CC(C)(C)OC(=O)N1CCC(c2nc(-c3ccc(F)cc3)c(-c3ccnc([AsH]C4CCCC4)n3)s2)CC1. The molecule has 3 heterocycles. The number of nitrogens with zero attached hydrogens (tertiary/aromatic N) is 4. The second-order valence-corrected chi connectivity index (χ2v) is 15.2. The van der Waals surface area contributed by atoms with E-state index in [2.05, 4.69) is 4.98 Å². The van der Waals surface area contributed by atoms with Crippen molar-refractivity contribution in [2.75, 3.05) is 13.1 Å². The first kappa shape index (κ1) is 26.3. The molecule has 9 heteroatoms. The number of hydrogen-bond donors (Lipinski definition) is 0. The summed E-state index contributed by atoms with van der Waals surface area (Å²) in [4.78, 5) is 30.0. The maximum absolute atomic E-state index is 13.7. The van der Waals surface area contributed by atoms with Crippen molar-refractivity contribution >= 4 is 37.8 Å². The summed E-state index contributed by atoms with van der Waals surface area (Å²) in [5.74, 6) is -0.00794. The first-order valence-corrected chi connectivity index (χ1v) is 16.2. The van der Waals surface area contributed by atoms with Crippen LogP contribution < -0.4 is 4.61 Å². The first-order chi connectivity index (χ1) is 17.7. The molecule has 2 fully saturated rings. The number of piperidine rings is 1. The molecule has 0 radical (unpaired) electrons. The van der Waals surface area contributed by atoms with E-state index in [1.807, 2.05) is 33.0 Å². The molecule has 1 saturated carbocycles. The molecule has 1 aliphatic heterocycles. The molecule has 5 rings (SSSR count). The zero-order valence-corrected chi connectivity index (χ0v) is 24.6. The van der Waals surface area contributed by atoms with E-state index in [-0.39, 0.29) is 33.6 Å². The molecule has 2 aliphatic rings. The molecule has 37 heavy (non-hydrogen) atoms. The predicted octanol–water partition coefficient (Wildman–Crippen LogP) is 5.95. The molecule has 1 amide bonds. The minimum absolute atomic E-state index is 0.252. The molecule has 6 nitrogen and oxygen atoms in total. The van der Waals surface area contributed by atoms with Crippen molar-refractivity contribution in [3.8, 4) is 21.8 Å². The van der Waals surface area contributed by atoms with E-state index in [9.17, 15) is 9.18 Å². The number of ether oxygens (including phenoxy) is 1. The number of carbonyl (C=O) groups excluding carboxylic acids is 1. The van der Waals surface area contributed by atoms with E-state index in [0.29, 0.717) is 13.1 Å². The third-order valence-corrected chi connectivity index (χ3v) is 11.2. The van der Waals surface area contributed by atoms with E-state index in [1.54, 1.807) is 28.4 Å². The van der Waals surface area contributed by atoms with E-state index in [1.165, 1.54) is 37.8 Å². The van der Waals surface area contributed by atoms with Crippen molar-refractivity contribution in [3.63, 3.8) is 0 Å². The Labute approximate surface area is 228 Å². The Kier molecular flexibility index (Phi) is 7.96. The quantitative estimate of drug-likeness (QED) is 0.347. The normalized spacial score (nSPS) is 17.7. The van der Waals surface area contributed by atoms with Crippen LogP contribution in [0.25, 0.3) is 21.8 Å². The third kappa shape index (κ3) is 6.58. The number of likely N-dealkylation sites (tertiary alicyclic amines) is 1. The van der Waals surface area contributed by atoms with Gasteiger partial charge in [-0.2, -0.15) is 0 Å². The summed E-state index contributed by atoms with van der Waals surface area (Å²) >= 11 is 1.30. The van der Waals surface area contributed by atoms with Gasteiger partial charge >= 0.3 is 203 Å². The predicted molar refractivity (Wildman–Crippen MR) is 147 cm³/mol. The van der Waals surface area contributed by atoms with Gasteiger partial charge < -0.3 is 0 Å². The summed E-state index contributed by atoms with van der Waals surface area (Å²) in [5.41, 5.74) is 2.14. The average molecular weight is 585 g/mol. The zero-order valence-electron chi connectivity index (χ0n) is 21.7. The van der Waals surface area contributed by atoms with Crippen LogP contribution in [0.1, 0.15) is 70.2 Å². The van der Waals surface area contributed by atoms with Crippen LogP contribution in [0.2, 0.25) is 4.71 Å². The monoisotopic (exact) mass is 584 g/mol. The van der Waals surface area contributed by atoms with Crippen molar-refractivity contribution in [1.82, 2.24) is 19.9 Å². The van der Waals surface area contributed by atoms with Crippen molar-refractivity contribution in [2.24, 2.45) is 0 Å². The van der Waals surface area contributed by atoms with Crippen LogP contribution in [0.3, 0.4) is 0 Å². The number of hydrogen-bond acceptors (Lipinski definition) is 6. The number of amides is 1. The molecular formula is C28H34AsFN4O2S. The number of benzene rings is 1. The number of aromatic nitrogens is 3. The van der Waals surface area contributed by atoms with Gasteiger partial charge in [-0.1, -0.05) is 0 Å². The Morgan fingerprint density at radius 1 is 1.05 bits per heavy atom. The molecule has 1 unspecified atom stereocenters. The van der Waals surface area contributed by atoms with E-state index >= 15 is 0 Å². The van der Waals surface area contributed by atoms with E-state index in [0.717, 1.165) is 49.0 Å². The fourth-order valence-corrected chi connectivity index (χ4v) is 9.09. The molecular weight excluding hydrogens is 550 g/mol. The Morgan fingerprint density at radius 2 is 1.76 bits per heavy atom. The average Bonchev–Trinajstić information content (AvgIpc) is 3.54. The minimum atomic E-state index is -0.501. The third-order valence-electron chi connectivity index (χ3n) is 6.83. The summed E-state index contributed by atoms with van der Waals surface area (Å²) in [6.45, 7) is 6.95. The standard InChI is InChI=1S/C28H34AsFN4O2S/c1-28(2,3)36-27(35)34-16-13-19(14-17-34)25-33-23(18-8-10-21(30)11-9-18)24(37-25)22-12-15-31-26(32-22)29-20-6-4-5-7-20/h8-12,15,19-20,29H,4-7,13-14,16-17H2,1-3H3. The second-order valence-electron chi connectivity index (χ2n) is 10.9. The van der Waals surface area contributed by atoms with Gasteiger partial charge in [-0.25, -0.2) is 0 Å². The van der Waals surface area contributed by atoms with Gasteiger partial charge in [-0.15, -0.1) is 0 Å². The summed E-state index contributed by atoms with van der Waals surface area (Å²) in [7, 11) is 0. The summed E-state index contributed by atoms with van der Waals surface area (Å²) < 4.78 is 21.1. The van der Waals surface area contributed by atoms with Crippen molar-refractivity contribution in [2.45, 2.75) is 75.5 Å². The van der Waals surface area contributed by atoms with E-state index in [4.69, 9.17) is 14.7 Å². The van der Waals surface area contributed by atoms with Gasteiger partial charge in [-0.05, 0) is 20.8 Å². The molecule has 0 spiro atoms. The molecule has 1 aromatic carbocycles. The van der Waals surface area contributed by atoms with Crippen LogP contribution in [0, 0.1) is 5.82 Å². The van der Waals surface area contributed by atoms with Crippen LogP contribution in [-0.4, -0.2) is 60.4 Å². The molecule has 3 aromatic rings. The van der Waals surface area contributed by atoms with Gasteiger partial charge in [0.1, 0.15) is 5.60 Å². The van der Waals surface area contributed by atoms with Crippen LogP contribution in [0.15, 0.2) is 36.5 Å². The zero-order chi connectivity index (χ0) is 26.0. The topological polar surface area (TPSA) is 68.2 Å². The Hall–Kier alpha value is -2.31. The van der Waals surface area contributed by atoms with Gasteiger partial charge in [0, 0.05) is 0 Å². The Morgan fingerprint density at radius 3 is 2.43 bits per heavy atom. The number of thiazole rings is 1. The van der Waals surface area contributed by atoms with Gasteiger partial charge in [0.15, 0.2) is 0 Å². The summed E-state index contributed by atoms with van der Waals surface area (Å²) in [6.07, 6.45) is 8.56. The fraction of sp³-hybridized carbons (Fsp3) is 0.500.